The van der Waals surface area contributed by atoms with E-state index in [1.165, 1.54) is 6.07 Å². The predicted octanol–water partition coefficient (Wildman–Crippen LogP) is 0.829. The Labute approximate surface area is 120 Å². The summed E-state index contributed by atoms with van der Waals surface area (Å²) in [7, 11) is 0. The smallest absolute Gasteiger partial charge is 0.326 e. The molecule has 3 N–H and O–H groups in total. The van der Waals surface area contributed by atoms with E-state index in [1.807, 2.05) is 0 Å². The van der Waals surface area contributed by atoms with Crippen LogP contribution >= 0.6 is 0 Å². The maximum absolute atomic E-state index is 13.1. The van der Waals surface area contributed by atoms with Crippen LogP contribution in [0.5, 0.6) is 0 Å². The number of aliphatic carboxylic acids is 1. The Kier molecular flexibility index (Phi) is 4.85. The zero-order chi connectivity index (χ0) is 15.4. The van der Waals surface area contributed by atoms with Gasteiger partial charge in [0.1, 0.15) is 6.04 Å². The Morgan fingerprint density at radius 1 is 1.38 bits per heavy atom. The molecule has 1 aromatic carbocycles. The molecule has 1 amide bonds. The van der Waals surface area contributed by atoms with Crippen molar-refractivity contribution in [2.45, 2.75) is 31.3 Å². The van der Waals surface area contributed by atoms with Crippen molar-refractivity contribution in [2.24, 2.45) is 0 Å². The molecule has 7 heteroatoms. The van der Waals surface area contributed by atoms with Crippen LogP contribution in [0.25, 0.3) is 0 Å². The second-order valence-corrected chi connectivity index (χ2v) is 5.00. The maximum atomic E-state index is 13.1. The number of amides is 1. The highest BCUT2D eigenvalue weighted by Gasteiger charge is 2.27. The molecule has 1 heterocycles. The van der Waals surface area contributed by atoms with Gasteiger partial charge in [-0.05, 0) is 37.1 Å². The van der Waals surface area contributed by atoms with Crippen LogP contribution in [0.1, 0.15) is 18.4 Å². The molecule has 2 rings (SSSR count). The standard InChI is InChI=1S/C14H16F2N2O3/c15-9-4-3-8(6-10(9)16)7-12(14(20)21)18-13(19)11-2-1-5-17-11/h3-4,6,11-12,17H,1-2,5,7H2,(H,18,19)(H,20,21)/t11?,12-/m0/s1. The third-order valence-corrected chi connectivity index (χ3v) is 3.42. The first-order chi connectivity index (χ1) is 9.97. The van der Waals surface area contributed by atoms with E-state index in [1.54, 1.807) is 0 Å². The summed E-state index contributed by atoms with van der Waals surface area (Å²) in [6, 6.07) is 1.60. The average Bonchev–Trinajstić information content (AvgIpc) is 2.96. The van der Waals surface area contributed by atoms with Gasteiger partial charge in [0.25, 0.3) is 0 Å². The first-order valence-electron chi connectivity index (χ1n) is 6.68. The van der Waals surface area contributed by atoms with E-state index in [-0.39, 0.29) is 12.3 Å². The Bertz CT molecular complexity index is 545. The number of benzene rings is 1. The van der Waals surface area contributed by atoms with Gasteiger partial charge in [0.05, 0.1) is 6.04 Å². The Hall–Kier alpha value is -2.02. The van der Waals surface area contributed by atoms with Crippen molar-refractivity contribution >= 4 is 11.9 Å². The monoisotopic (exact) mass is 298 g/mol. The zero-order valence-corrected chi connectivity index (χ0v) is 11.2. The molecule has 0 aliphatic carbocycles. The number of rotatable bonds is 5. The van der Waals surface area contributed by atoms with Crippen molar-refractivity contribution in [1.29, 1.82) is 0 Å². The fourth-order valence-electron chi connectivity index (χ4n) is 2.28. The van der Waals surface area contributed by atoms with Crippen LogP contribution in [0.2, 0.25) is 0 Å². The Balaban J connectivity index is 2.03. The van der Waals surface area contributed by atoms with Crippen LogP contribution < -0.4 is 10.6 Å². The van der Waals surface area contributed by atoms with Gasteiger partial charge in [-0.2, -0.15) is 0 Å². The Morgan fingerprint density at radius 3 is 2.71 bits per heavy atom. The van der Waals surface area contributed by atoms with Crippen LogP contribution in [0.3, 0.4) is 0 Å². The van der Waals surface area contributed by atoms with E-state index in [4.69, 9.17) is 5.11 Å². The van der Waals surface area contributed by atoms with Crippen molar-refractivity contribution in [1.82, 2.24) is 10.6 Å². The highest BCUT2D eigenvalue weighted by molar-refractivity contribution is 5.87. The Morgan fingerprint density at radius 2 is 2.14 bits per heavy atom. The second-order valence-electron chi connectivity index (χ2n) is 5.00. The molecule has 5 nitrogen and oxygen atoms in total. The molecule has 2 atom stereocenters. The molecule has 0 radical (unpaired) electrons. The van der Waals surface area contributed by atoms with Crippen LogP contribution in [0.15, 0.2) is 18.2 Å². The molecule has 0 bridgehead atoms. The molecule has 0 spiro atoms. The van der Waals surface area contributed by atoms with Gasteiger partial charge >= 0.3 is 5.97 Å². The van der Waals surface area contributed by atoms with Crippen LogP contribution in [-0.4, -0.2) is 35.6 Å². The number of halogens is 2. The number of carboxylic acids is 1. The lowest BCUT2D eigenvalue weighted by Gasteiger charge is -2.17. The molecule has 1 aliphatic rings. The van der Waals surface area contributed by atoms with Gasteiger partial charge in [-0.25, -0.2) is 13.6 Å². The summed E-state index contributed by atoms with van der Waals surface area (Å²) < 4.78 is 26.0. The highest BCUT2D eigenvalue weighted by Crippen LogP contribution is 2.11. The molecule has 1 fully saturated rings. The molecular formula is C14H16F2N2O3. The quantitative estimate of drug-likeness (QED) is 0.752. The second kappa shape index (κ2) is 6.62. The highest BCUT2D eigenvalue weighted by atomic mass is 19.2. The summed E-state index contributed by atoms with van der Waals surface area (Å²) in [6.07, 6.45) is 1.41. The molecule has 0 saturated carbocycles. The minimum absolute atomic E-state index is 0.106. The lowest BCUT2D eigenvalue weighted by molar-refractivity contribution is -0.142. The summed E-state index contributed by atoms with van der Waals surface area (Å²) in [5, 5.41) is 14.5. The van der Waals surface area contributed by atoms with Crippen molar-refractivity contribution < 1.29 is 23.5 Å². The van der Waals surface area contributed by atoms with Gasteiger partial charge in [-0.15, -0.1) is 0 Å². The molecule has 1 aromatic rings. The van der Waals surface area contributed by atoms with Crippen molar-refractivity contribution in [3.8, 4) is 0 Å². The molecule has 1 unspecified atom stereocenters. The number of hydrogen-bond donors (Lipinski definition) is 3. The number of carbonyl (C=O) groups is 2. The van der Waals surface area contributed by atoms with E-state index in [9.17, 15) is 18.4 Å². The van der Waals surface area contributed by atoms with E-state index >= 15 is 0 Å². The van der Waals surface area contributed by atoms with Crippen molar-refractivity contribution in [3.05, 3.63) is 35.4 Å². The van der Waals surface area contributed by atoms with E-state index in [2.05, 4.69) is 10.6 Å². The molecular weight excluding hydrogens is 282 g/mol. The predicted molar refractivity (Wildman–Crippen MR) is 70.7 cm³/mol. The van der Waals surface area contributed by atoms with E-state index in [0.717, 1.165) is 25.1 Å². The normalized spacial score (nSPS) is 19.2. The minimum atomic E-state index is -1.22. The molecule has 1 saturated heterocycles. The fourth-order valence-corrected chi connectivity index (χ4v) is 2.28. The number of carboxylic acid groups (broad SMARTS) is 1. The number of nitrogens with one attached hydrogen (secondary N) is 2. The van der Waals surface area contributed by atoms with Gasteiger partial charge < -0.3 is 15.7 Å². The summed E-state index contributed by atoms with van der Waals surface area (Å²) in [5.41, 5.74) is 0.306. The van der Waals surface area contributed by atoms with Gasteiger partial charge in [-0.1, -0.05) is 6.07 Å². The van der Waals surface area contributed by atoms with Crippen molar-refractivity contribution in [3.63, 3.8) is 0 Å². The number of hydrogen-bond acceptors (Lipinski definition) is 3. The lowest BCUT2D eigenvalue weighted by Crippen LogP contribution is -2.49. The largest absolute Gasteiger partial charge is 0.480 e. The SMILES string of the molecule is O=C(N[C@@H](Cc1ccc(F)c(F)c1)C(=O)O)C1CCCN1. The zero-order valence-electron chi connectivity index (χ0n) is 11.2. The topological polar surface area (TPSA) is 78.4 Å². The molecule has 21 heavy (non-hydrogen) atoms. The van der Waals surface area contributed by atoms with E-state index in [0.29, 0.717) is 12.0 Å². The molecule has 1 aliphatic heterocycles. The van der Waals surface area contributed by atoms with Gasteiger partial charge in [0.15, 0.2) is 11.6 Å². The summed E-state index contributed by atoms with van der Waals surface area (Å²) in [6.45, 7) is 0.721. The van der Waals surface area contributed by atoms with Crippen LogP contribution in [-0.2, 0) is 16.0 Å². The maximum Gasteiger partial charge on any atom is 0.326 e. The summed E-state index contributed by atoms with van der Waals surface area (Å²) in [4.78, 5) is 23.1. The van der Waals surface area contributed by atoms with Crippen LogP contribution in [0.4, 0.5) is 8.78 Å². The average molecular weight is 298 g/mol. The first-order valence-corrected chi connectivity index (χ1v) is 6.68. The fraction of sp³-hybridized carbons (Fsp3) is 0.429. The number of carbonyl (C=O) groups excluding carboxylic acids is 1. The van der Waals surface area contributed by atoms with Gasteiger partial charge in [0, 0.05) is 6.42 Å². The molecule has 114 valence electrons. The summed E-state index contributed by atoms with van der Waals surface area (Å²) in [5.74, 6) is -3.64. The minimum Gasteiger partial charge on any atom is -0.480 e. The van der Waals surface area contributed by atoms with Gasteiger partial charge in [-0.3, -0.25) is 4.79 Å². The van der Waals surface area contributed by atoms with E-state index < -0.39 is 29.7 Å². The van der Waals surface area contributed by atoms with Gasteiger partial charge in [0.2, 0.25) is 5.91 Å². The van der Waals surface area contributed by atoms with Crippen LogP contribution in [0, 0.1) is 11.6 Å². The third-order valence-electron chi connectivity index (χ3n) is 3.42. The summed E-state index contributed by atoms with van der Waals surface area (Å²) >= 11 is 0. The molecule has 0 aromatic heterocycles. The first kappa shape index (κ1) is 15.4. The lowest BCUT2D eigenvalue weighted by atomic mass is 10.0. The third kappa shape index (κ3) is 3.98. The van der Waals surface area contributed by atoms with Crippen molar-refractivity contribution in [2.75, 3.05) is 6.54 Å².